The Morgan fingerprint density at radius 2 is 1.57 bits per heavy atom. The number of carbonyl (C=O) groups excluding carboxylic acids is 3. The number of hydrogen-bond acceptors (Lipinski definition) is 9. The molecule has 4 rings (SSSR count). The highest BCUT2D eigenvalue weighted by Crippen LogP contribution is 2.24. The first-order valence-electron chi connectivity index (χ1n) is 15.4. The van der Waals surface area contributed by atoms with E-state index in [9.17, 15) is 14.4 Å². The number of likely N-dealkylation sites (tertiary alicyclic amines) is 1. The molecule has 1 aliphatic heterocycles. The maximum atomic E-state index is 13.2. The normalized spacial score (nSPS) is 17.6. The molecule has 46 heavy (non-hydrogen) atoms. The lowest BCUT2D eigenvalue weighted by Crippen LogP contribution is -2.60. The number of imide groups is 1. The van der Waals surface area contributed by atoms with E-state index in [-0.39, 0.29) is 28.5 Å². The van der Waals surface area contributed by atoms with E-state index < -0.39 is 17.9 Å². The largest absolute Gasteiger partial charge is 0.497 e. The smallest absolute Gasteiger partial charge is 0.416 e. The monoisotopic (exact) mass is 652 g/mol. The number of methoxy groups -OCH3 is 2. The van der Waals surface area contributed by atoms with Gasteiger partial charge in [0.2, 0.25) is 0 Å². The van der Waals surface area contributed by atoms with Gasteiger partial charge in [-0.3, -0.25) is 9.59 Å². The van der Waals surface area contributed by atoms with E-state index in [2.05, 4.69) is 32.2 Å². The van der Waals surface area contributed by atoms with Crippen LogP contribution >= 0.6 is 11.6 Å². The molecule has 0 spiro atoms. The number of aryl methyl sites for hydroxylation is 2. The Morgan fingerprint density at radius 1 is 0.957 bits per heavy atom. The van der Waals surface area contributed by atoms with E-state index in [1.165, 1.54) is 19.7 Å². The summed E-state index contributed by atoms with van der Waals surface area (Å²) >= 11 is 6.03. The van der Waals surface area contributed by atoms with Crippen molar-refractivity contribution in [2.24, 2.45) is 0 Å². The van der Waals surface area contributed by atoms with E-state index in [1.807, 2.05) is 24.3 Å². The molecule has 2 unspecified atom stereocenters. The minimum atomic E-state index is -0.709. The minimum Gasteiger partial charge on any atom is -0.497 e. The molecule has 5 N–H and O–H groups in total. The van der Waals surface area contributed by atoms with Crippen molar-refractivity contribution >= 4 is 41.1 Å². The Morgan fingerprint density at radius 3 is 2.15 bits per heavy atom. The van der Waals surface area contributed by atoms with Crippen molar-refractivity contribution in [2.45, 2.75) is 44.6 Å². The van der Waals surface area contributed by atoms with Gasteiger partial charge in [-0.2, -0.15) is 0 Å². The summed E-state index contributed by atoms with van der Waals surface area (Å²) in [4.78, 5) is 46.4. The highest BCUT2D eigenvalue weighted by Gasteiger charge is 2.35. The fourth-order valence-electron chi connectivity index (χ4n) is 6.08. The molecule has 0 radical (unpaired) electrons. The van der Waals surface area contributed by atoms with Gasteiger partial charge in [0.05, 0.1) is 46.4 Å². The number of ether oxygens (including phenoxy) is 2. The zero-order chi connectivity index (χ0) is 33.3. The van der Waals surface area contributed by atoms with Gasteiger partial charge in [-0.25, -0.2) is 19.7 Å². The maximum Gasteiger partial charge on any atom is 0.416 e. The first kappa shape index (κ1) is 34.5. The SMILES string of the molecule is COC(=O)N(C)C(=O)c1ccc(CCC[N+]2(CCCc3ccc(OC)cc3)CCCC(NC(=O)c3nc(Cl)c(N)nc3N)C2)cc1. The molecule has 1 aliphatic rings. The third-order valence-corrected chi connectivity index (χ3v) is 8.83. The molecule has 2 heterocycles. The standard InChI is InChI=1S/C33H42ClN7O5/c1-40(33(44)46-3)32(43)24-14-10-22(11-15-24)7-4-18-41(19-5-8-23-12-16-26(45-2)17-13-23)20-6-9-25(21-41)37-31(42)27-29(35)39-30(36)28(34)38-27/h10-17,25H,4-9,18-21H2,1-3H3,(H4-,35,36,37,39,42)/p+1. The van der Waals surface area contributed by atoms with Gasteiger partial charge >= 0.3 is 6.09 Å². The van der Waals surface area contributed by atoms with E-state index >= 15 is 0 Å². The molecule has 1 fully saturated rings. The lowest BCUT2D eigenvalue weighted by molar-refractivity contribution is -0.933. The second-order valence-electron chi connectivity index (χ2n) is 11.7. The molecule has 13 heteroatoms. The Labute approximate surface area is 274 Å². The molecule has 12 nitrogen and oxygen atoms in total. The van der Waals surface area contributed by atoms with E-state index in [0.29, 0.717) is 5.56 Å². The van der Waals surface area contributed by atoms with Crippen LogP contribution in [0.15, 0.2) is 48.5 Å². The van der Waals surface area contributed by atoms with Gasteiger partial charge in [0.25, 0.3) is 11.8 Å². The highest BCUT2D eigenvalue weighted by atomic mass is 35.5. The number of aromatic nitrogens is 2. The van der Waals surface area contributed by atoms with Crippen LogP contribution < -0.4 is 21.5 Å². The Balaban J connectivity index is 1.43. The molecule has 3 amide bonds. The summed E-state index contributed by atoms with van der Waals surface area (Å²) in [5.74, 6) is -0.0731. The summed E-state index contributed by atoms with van der Waals surface area (Å²) in [7, 11) is 4.29. The summed E-state index contributed by atoms with van der Waals surface area (Å²) in [5.41, 5.74) is 14.4. The van der Waals surface area contributed by atoms with Gasteiger partial charge < -0.3 is 30.7 Å². The number of halogens is 1. The van der Waals surface area contributed by atoms with Crippen molar-refractivity contribution in [3.8, 4) is 5.75 Å². The minimum absolute atomic E-state index is 0.0179. The van der Waals surface area contributed by atoms with Gasteiger partial charge in [-0.05, 0) is 61.1 Å². The zero-order valence-corrected chi connectivity index (χ0v) is 27.4. The van der Waals surface area contributed by atoms with Crippen molar-refractivity contribution in [3.05, 3.63) is 76.1 Å². The van der Waals surface area contributed by atoms with Crippen LogP contribution in [0.5, 0.6) is 5.75 Å². The third-order valence-electron chi connectivity index (χ3n) is 8.56. The lowest BCUT2D eigenvalue weighted by Gasteiger charge is -2.45. The number of piperidine rings is 1. The number of nitrogens with one attached hydrogen (secondary N) is 1. The number of quaternary nitrogens is 1. The van der Waals surface area contributed by atoms with Crippen LogP contribution in [0.1, 0.15) is 57.7 Å². The second-order valence-corrected chi connectivity index (χ2v) is 12.1. The molecule has 2 atom stereocenters. The van der Waals surface area contributed by atoms with Gasteiger partial charge in [0.1, 0.15) is 5.75 Å². The average Bonchev–Trinajstić information content (AvgIpc) is 3.06. The van der Waals surface area contributed by atoms with Crippen molar-refractivity contribution in [2.75, 3.05) is 58.9 Å². The van der Waals surface area contributed by atoms with Crippen LogP contribution in [0.2, 0.25) is 5.15 Å². The Kier molecular flexibility index (Phi) is 11.8. The lowest BCUT2D eigenvalue weighted by atomic mass is 9.98. The van der Waals surface area contributed by atoms with Crippen molar-refractivity contribution in [3.63, 3.8) is 0 Å². The highest BCUT2D eigenvalue weighted by molar-refractivity contribution is 6.31. The average molecular weight is 653 g/mol. The molecular weight excluding hydrogens is 610 g/mol. The van der Waals surface area contributed by atoms with Gasteiger partial charge in [0.15, 0.2) is 22.5 Å². The fraction of sp³-hybridized carbons (Fsp3) is 0.424. The van der Waals surface area contributed by atoms with E-state index in [4.69, 9.17) is 27.8 Å². The van der Waals surface area contributed by atoms with Crippen LogP contribution in [0, 0.1) is 0 Å². The van der Waals surface area contributed by atoms with Crippen LogP contribution in [-0.4, -0.2) is 90.7 Å². The molecule has 1 saturated heterocycles. The maximum absolute atomic E-state index is 13.2. The van der Waals surface area contributed by atoms with Gasteiger partial charge in [-0.1, -0.05) is 35.9 Å². The molecular formula is C33H43ClN7O5+. The second kappa shape index (κ2) is 15.7. The predicted octanol–water partition coefficient (Wildman–Crippen LogP) is 4.12. The molecule has 1 aromatic heterocycles. The number of rotatable bonds is 12. The number of anilines is 2. The van der Waals surface area contributed by atoms with Crippen molar-refractivity contribution in [1.82, 2.24) is 20.2 Å². The Bertz CT molecular complexity index is 1520. The number of benzene rings is 2. The molecule has 3 aromatic rings. The van der Waals surface area contributed by atoms with E-state index in [0.717, 1.165) is 85.4 Å². The molecule has 246 valence electrons. The molecule has 2 aromatic carbocycles. The van der Waals surface area contributed by atoms with Crippen LogP contribution in [0.4, 0.5) is 16.4 Å². The van der Waals surface area contributed by atoms with Crippen molar-refractivity contribution in [1.29, 1.82) is 0 Å². The van der Waals surface area contributed by atoms with Crippen LogP contribution in [0.25, 0.3) is 0 Å². The number of carbonyl (C=O) groups is 3. The zero-order valence-electron chi connectivity index (χ0n) is 26.6. The third kappa shape index (κ3) is 8.85. The summed E-state index contributed by atoms with van der Waals surface area (Å²) in [6.45, 7) is 3.67. The first-order chi connectivity index (χ1) is 22.0. The topological polar surface area (TPSA) is 163 Å². The number of amides is 3. The van der Waals surface area contributed by atoms with E-state index in [1.54, 1.807) is 19.2 Å². The molecule has 0 aliphatic carbocycles. The molecule has 0 saturated carbocycles. The number of nitrogen functional groups attached to an aromatic ring is 2. The van der Waals surface area contributed by atoms with Crippen LogP contribution in [0.3, 0.4) is 0 Å². The predicted molar refractivity (Wildman–Crippen MR) is 177 cm³/mol. The number of hydrogen-bond donors (Lipinski definition) is 3. The quantitative estimate of drug-likeness (QED) is 0.244. The number of nitrogens with two attached hydrogens (primary N) is 2. The molecule has 0 bridgehead atoms. The van der Waals surface area contributed by atoms with Gasteiger partial charge in [0, 0.05) is 25.5 Å². The van der Waals surface area contributed by atoms with Crippen LogP contribution in [-0.2, 0) is 17.6 Å². The summed E-state index contributed by atoms with van der Waals surface area (Å²) in [6.07, 6.45) is 4.77. The van der Waals surface area contributed by atoms with Crippen molar-refractivity contribution < 1.29 is 28.3 Å². The summed E-state index contributed by atoms with van der Waals surface area (Å²) < 4.78 is 10.8. The Hall–Kier alpha value is -4.42. The summed E-state index contributed by atoms with van der Waals surface area (Å²) in [6, 6.07) is 15.4. The first-order valence-corrected chi connectivity index (χ1v) is 15.7. The summed E-state index contributed by atoms with van der Waals surface area (Å²) in [5, 5.41) is 3.07. The van der Waals surface area contributed by atoms with Gasteiger partial charge in [-0.15, -0.1) is 0 Å². The fourth-order valence-corrected chi connectivity index (χ4v) is 6.21. The number of nitrogens with zero attached hydrogens (tertiary/aromatic N) is 4.